The zero-order valence-corrected chi connectivity index (χ0v) is 18.5. The number of carbonyl (C=O) groups excluding carboxylic acids is 6. The number of carboxylic acids is 1. The molecule has 0 aromatic rings. The van der Waals surface area contributed by atoms with Gasteiger partial charge < -0.3 is 43.6 Å². The molecular weight excluding hydrogens is 454 g/mol. The van der Waals surface area contributed by atoms with E-state index in [0.29, 0.717) is 6.42 Å². The van der Waals surface area contributed by atoms with Gasteiger partial charge in [0.05, 0.1) is 12.5 Å². The normalized spacial score (nSPS) is 17.8. The second-order valence-corrected chi connectivity index (χ2v) is 7.94. The van der Waals surface area contributed by atoms with Crippen LogP contribution in [0.1, 0.15) is 44.9 Å². The van der Waals surface area contributed by atoms with E-state index in [1.807, 2.05) is 0 Å². The van der Waals surface area contributed by atoms with Crippen LogP contribution >= 0.6 is 0 Å². The SMILES string of the molecule is NC(=O)CCC(NC(=O)C(CCC(N)=O)NC(=O)C1CCCN1C(=O)C(N)CC(N)=O)C(=O)O. The Morgan fingerprint density at radius 1 is 0.882 bits per heavy atom. The topological polar surface area (TPSA) is 271 Å². The van der Waals surface area contributed by atoms with Gasteiger partial charge in [0, 0.05) is 19.4 Å². The smallest absolute Gasteiger partial charge is 0.326 e. The van der Waals surface area contributed by atoms with Crippen LogP contribution in [0, 0.1) is 0 Å². The summed E-state index contributed by atoms with van der Waals surface area (Å²) >= 11 is 0. The third-order valence-electron chi connectivity index (χ3n) is 5.18. The van der Waals surface area contributed by atoms with Gasteiger partial charge >= 0.3 is 5.97 Å². The lowest BCUT2D eigenvalue weighted by Gasteiger charge is -2.28. The number of nitrogens with zero attached hydrogens (tertiary/aromatic N) is 1. The van der Waals surface area contributed by atoms with E-state index in [-0.39, 0.29) is 38.6 Å². The number of carbonyl (C=O) groups is 7. The van der Waals surface area contributed by atoms with Crippen LogP contribution in [-0.4, -0.2) is 82.1 Å². The van der Waals surface area contributed by atoms with E-state index >= 15 is 0 Å². The Hall–Kier alpha value is -3.75. The maximum absolute atomic E-state index is 12.9. The minimum Gasteiger partial charge on any atom is -0.480 e. The zero-order chi connectivity index (χ0) is 26.0. The highest BCUT2D eigenvalue weighted by Gasteiger charge is 2.38. The van der Waals surface area contributed by atoms with Gasteiger partial charge in [-0.2, -0.15) is 0 Å². The Morgan fingerprint density at radius 2 is 1.44 bits per heavy atom. The van der Waals surface area contributed by atoms with E-state index in [0.717, 1.165) is 0 Å². The number of rotatable bonds is 14. The standard InChI is InChI=1S/C19H31N7O8/c20-9(8-15(23)29)18(32)26-7-1-2-12(26)17(31)24-10(3-5-13(21)27)16(30)25-11(19(33)34)4-6-14(22)28/h9-12H,1-8,20H2,(H2,21,27)(H2,22,28)(H2,23,29)(H,24,31)(H,25,30)(H,33,34). The van der Waals surface area contributed by atoms with E-state index < -0.39 is 72.0 Å². The van der Waals surface area contributed by atoms with Crippen LogP contribution in [0.5, 0.6) is 0 Å². The fraction of sp³-hybridized carbons (Fsp3) is 0.632. The number of carboxylic acid groups (broad SMARTS) is 1. The number of primary amides is 3. The van der Waals surface area contributed by atoms with Gasteiger partial charge in [-0.25, -0.2) is 4.79 Å². The van der Waals surface area contributed by atoms with E-state index in [9.17, 15) is 38.7 Å². The number of amides is 6. The van der Waals surface area contributed by atoms with Crippen molar-refractivity contribution in [3.05, 3.63) is 0 Å². The molecule has 0 aromatic carbocycles. The fourth-order valence-corrected chi connectivity index (χ4v) is 3.46. The Bertz CT molecular complexity index is 833. The van der Waals surface area contributed by atoms with Gasteiger partial charge in [0.1, 0.15) is 18.1 Å². The maximum Gasteiger partial charge on any atom is 0.326 e. The molecule has 4 unspecified atom stereocenters. The minimum absolute atomic E-state index is 0.190. The molecule has 0 aromatic heterocycles. The lowest BCUT2D eigenvalue weighted by atomic mass is 10.1. The molecule has 1 heterocycles. The summed E-state index contributed by atoms with van der Waals surface area (Å²) in [5.41, 5.74) is 20.9. The number of aliphatic carboxylic acids is 1. The molecule has 0 saturated carbocycles. The molecule has 15 heteroatoms. The molecule has 0 spiro atoms. The summed E-state index contributed by atoms with van der Waals surface area (Å²) in [5, 5.41) is 13.9. The highest BCUT2D eigenvalue weighted by Crippen LogP contribution is 2.19. The van der Waals surface area contributed by atoms with Crippen LogP contribution in [0.3, 0.4) is 0 Å². The van der Waals surface area contributed by atoms with E-state index in [4.69, 9.17) is 22.9 Å². The molecule has 1 aliphatic rings. The molecule has 1 fully saturated rings. The Kier molecular flexibility index (Phi) is 10.9. The monoisotopic (exact) mass is 485 g/mol. The van der Waals surface area contributed by atoms with Gasteiger partial charge in [-0.05, 0) is 25.7 Å². The van der Waals surface area contributed by atoms with Crippen molar-refractivity contribution >= 4 is 41.4 Å². The number of hydrogen-bond donors (Lipinski definition) is 7. The number of nitrogens with two attached hydrogens (primary N) is 4. The first-order valence-corrected chi connectivity index (χ1v) is 10.6. The van der Waals surface area contributed by atoms with Crippen molar-refractivity contribution in [2.45, 2.75) is 69.1 Å². The average molecular weight is 485 g/mol. The van der Waals surface area contributed by atoms with Crippen molar-refractivity contribution in [2.75, 3.05) is 6.54 Å². The molecule has 4 atom stereocenters. The van der Waals surface area contributed by atoms with Gasteiger partial charge in [0.15, 0.2) is 0 Å². The van der Waals surface area contributed by atoms with Gasteiger partial charge in [-0.15, -0.1) is 0 Å². The molecule has 1 aliphatic heterocycles. The molecule has 1 rings (SSSR count). The van der Waals surface area contributed by atoms with Crippen molar-refractivity contribution in [2.24, 2.45) is 22.9 Å². The minimum atomic E-state index is -1.47. The summed E-state index contributed by atoms with van der Waals surface area (Å²) in [6, 6.07) is -5.06. The van der Waals surface area contributed by atoms with Crippen LogP contribution in [0.25, 0.3) is 0 Å². The second kappa shape index (κ2) is 13.1. The van der Waals surface area contributed by atoms with Crippen molar-refractivity contribution in [3.8, 4) is 0 Å². The van der Waals surface area contributed by atoms with Crippen LogP contribution < -0.4 is 33.6 Å². The summed E-state index contributed by atoms with van der Waals surface area (Å²) in [5.74, 6) is -6.05. The zero-order valence-electron chi connectivity index (χ0n) is 18.5. The fourth-order valence-electron chi connectivity index (χ4n) is 3.46. The van der Waals surface area contributed by atoms with Crippen LogP contribution in [-0.2, 0) is 33.6 Å². The second-order valence-electron chi connectivity index (χ2n) is 7.94. The third kappa shape index (κ3) is 9.01. The number of hydrogen-bond acceptors (Lipinski definition) is 8. The van der Waals surface area contributed by atoms with Gasteiger partial charge in [0.2, 0.25) is 35.4 Å². The lowest BCUT2D eigenvalue weighted by Crippen LogP contribution is -2.57. The van der Waals surface area contributed by atoms with Crippen LogP contribution in [0.15, 0.2) is 0 Å². The summed E-state index contributed by atoms with van der Waals surface area (Å²) < 4.78 is 0. The first kappa shape index (κ1) is 28.3. The van der Waals surface area contributed by atoms with Crippen molar-refractivity contribution in [1.29, 1.82) is 0 Å². The molecule has 1 saturated heterocycles. The average Bonchev–Trinajstić information content (AvgIpc) is 3.22. The molecule has 0 bridgehead atoms. The lowest BCUT2D eigenvalue weighted by molar-refractivity contribution is -0.143. The summed E-state index contributed by atoms with van der Waals surface area (Å²) in [6.07, 6.45) is -0.822. The maximum atomic E-state index is 12.9. The summed E-state index contributed by atoms with van der Waals surface area (Å²) in [4.78, 5) is 83.9. The number of likely N-dealkylation sites (tertiary alicyclic amines) is 1. The van der Waals surface area contributed by atoms with Gasteiger partial charge in [-0.1, -0.05) is 0 Å². The molecule has 190 valence electrons. The Morgan fingerprint density at radius 3 is 1.94 bits per heavy atom. The van der Waals surface area contributed by atoms with Crippen molar-refractivity contribution < 1.29 is 38.7 Å². The van der Waals surface area contributed by atoms with E-state index in [2.05, 4.69) is 10.6 Å². The summed E-state index contributed by atoms with van der Waals surface area (Å²) in [7, 11) is 0. The largest absolute Gasteiger partial charge is 0.480 e. The predicted octanol–water partition coefficient (Wildman–Crippen LogP) is -4.23. The molecule has 34 heavy (non-hydrogen) atoms. The van der Waals surface area contributed by atoms with Crippen LogP contribution in [0.4, 0.5) is 0 Å². The quantitative estimate of drug-likeness (QED) is 0.125. The first-order chi connectivity index (χ1) is 15.8. The number of nitrogens with one attached hydrogen (secondary N) is 2. The highest BCUT2D eigenvalue weighted by atomic mass is 16.4. The van der Waals surface area contributed by atoms with E-state index in [1.165, 1.54) is 4.90 Å². The van der Waals surface area contributed by atoms with Crippen LogP contribution in [0.2, 0.25) is 0 Å². The molecule has 0 radical (unpaired) electrons. The molecule has 15 nitrogen and oxygen atoms in total. The predicted molar refractivity (Wildman–Crippen MR) is 115 cm³/mol. The van der Waals surface area contributed by atoms with Crippen molar-refractivity contribution in [1.82, 2.24) is 15.5 Å². The molecule has 0 aliphatic carbocycles. The molecular formula is C19H31N7O8. The first-order valence-electron chi connectivity index (χ1n) is 10.6. The third-order valence-corrected chi connectivity index (χ3v) is 5.18. The molecule has 6 amide bonds. The van der Waals surface area contributed by atoms with Gasteiger partial charge in [-0.3, -0.25) is 28.8 Å². The Balaban J connectivity index is 2.95. The summed E-state index contributed by atoms with van der Waals surface area (Å²) in [6.45, 7) is 0.190. The highest BCUT2D eigenvalue weighted by molar-refractivity contribution is 5.95. The Labute approximate surface area is 194 Å². The van der Waals surface area contributed by atoms with Crippen molar-refractivity contribution in [3.63, 3.8) is 0 Å². The molecule has 11 N–H and O–H groups in total. The van der Waals surface area contributed by atoms with Gasteiger partial charge in [0.25, 0.3) is 0 Å². The van der Waals surface area contributed by atoms with E-state index in [1.54, 1.807) is 0 Å².